The van der Waals surface area contributed by atoms with Gasteiger partial charge in [-0.15, -0.1) is 0 Å². The number of benzene rings is 1. The largest absolute Gasteiger partial charge is 0.396 e. The Hall–Kier alpha value is -0.940. The first-order valence-corrected chi connectivity index (χ1v) is 11.2. The molecule has 3 saturated heterocycles. The second kappa shape index (κ2) is 8.43. The third-order valence-electron chi connectivity index (χ3n) is 7.72. The molecule has 0 radical (unpaired) electrons. The van der Waals surface area contributed by atoms with Crippen LogP contribution in [0.4, 0.5) is 0 Å². The third-order valence-corrected chi connectivity index (χ3v) is 7.72. The molecule has 4 rings (SSSR count). The molecule has 3 aliphatic heterocycles. The monoisotopic (exact) mass is 386 g/mol. The maximum Gasteiger partial charge on any atom is 0.0513 e. The summed E-state index contributed by atoms with van der Waals surface area (Å²) in [5.74, 6) is 1.36. The lowest BCUT2D eigenvalue weighted by atomic mass is 9.75. The predicted octanol–water partition coefficient (Wildman–Crippen LogP) is 3.37. The third kappa shape index (κ3) is 4.16. The molecule has 3 aliphatic rings. The molecule has 0 amide bonds. The second-order valence-electron chi connectivity index (χ2n) is 9.88. The number of hydrogen-bond acceptors (Lipinski definition) is 4. The zero-order valence-electron chi connectivity index (χ0n) is 18.0. The van der Waals surface area contributed by atoms with Crippen molar-refractivity contribution in [2.45, 2.75) is 53.1 Å². The molecule has 4 heteroatoms. The first-order chi connectivity index (χ1) is 13.5. The van der Waals surface area contributed by atoms with E-state index in [0.29, 0.717) is 12.5 Å². The molecule has 3 heterocycles. The second-order valence-corrected chi connectivity index (χ2v) is 9.88. The fourth-order valence-electron chi connectivity index (χ4n) is 5.53. The molecule has 28 heavy (non-hydrogen) atoms. The Morgan fingerprint density at radius 2 is 1.75 bits per heavy atom. The van der Waals surface area contributed by atoms with Crippen molar-refractivity contribution in [1.82, 2.24) is 9.80 Å². The highest BCUT2D eigenvalue weighted by molar-refractivity contribution is 5.37. The van der Waals surface area contributed by atoms with Gasteiger partial charge in [-0.3, -0.25) is 9.80 Å². The number of ether oxygens (including phenoxy) is 1. The quantitative estimate of drug-likeness (QED) is 0.842. The molecule has 0 spiro atoms. The number of aryl methyl sites for hydroxylation is 2. The highest BCUT2D eigenvalue weighted by atomic mass is 16.5. The summed E-state index contributed by atoms with van der Waals surface area (Å²) >= 11 is 0. The molecule has 0 aliphatic carbocycles. The Balaban J connectivity index is 1.46. The number of fused-ring (bicyclic) bond motifs is 1. The topological polar surface area (TPSA) is 35.9 Å². The van der Waals surface area contributed by atoms with Gasteiger partial charge in [-0.1, -0.05) is 19.1 Å². The molecule has 4 nitrogen and oxygen atoms in total. The van der Waals surface area contributed by atoms with E-state index < -0.39 is 0 Å². The van der Waals surface area contributed by atoms with Crippen molar-refractivity contribution < 1.29 is 9.84 Å². The van der Waals surface area contributed by atoms with Crippen LogP contribution in [-0.4, -0.2) is 60.9 Å². The smallest absolute Gasteiger partial charge is 0.0513 e. The normalized spacial score (nSPS) is 29.9. The molecule has 0 unspecified atom stereocenters. The highest BCUT2D eigenvalue weighted by Gasteiger charge is 2.47. The average molecular weight is 387 g/mol. The number of aliphatic hydroxyl groups excluding tert-OH is 1. The maximum absolute atomic E-state index is 10.1. The molecule has 1 aromatic rings. The zero-order valence-corrected chi connectivity index (χ0v) is 18.0. The van der Waals surface area contributed by atoms with Gasteiger partial charge in [-0.05, 0) is 74.4 Å². The van der Waals surface area contributed by atoms with Gasteiger partial charge in [0.05, 0.1) is 13.2 Å². The first-order valence-electron chi connectivity index (χ1n) is 11.2. The highest BCUT2D eigenvalue weighted by Crippen LogP contribution is 2.42. The van der Waals surface area contributed by atoms with Gasteiger partial charge in [0, 0.05) is 44.1 Å². The van der Waals surface area contributed by atoms with E-state index in [0.717, 1.165) is 51.7 Å². The fourth-order valence-corrected chi connectivity index (χ4v) is 5.53. The van der Waals surface area contributed by atoms with Crippen LogP contribution in [0.15, 0.2) is 12.1 Å². The molecule has 0 bridgehead atoms. The Morgan fingerprint density at radius 1 is 1.07 bits per heavy atom. The molecule has 2 atom stereocenters. The maximum atomic E-state index is 10.1. The van der Waals surface area contributed by atoms with Crippen molar-refractivity contribution in [3.63, 3.8) is 0 Å². The molecule has 0 saturated carbocycles. The molecule has 3 fully saturated rings. The SMILES string of the molecule is Cc1cc(C)c(CN2C[C@@H]3COCC[C@]3(CO)C2)cc1CN1CCC(C)CC1. The molecule has 1 N–H and O–H groups in total. The van der Waals surface area contributed by atoms with Crippen LogP contribution in [0.5, 0.6) is 0 Å². The van der Waals surface area contributed by atoms with Crippen LogP contribution >= 0.6 is 0 Å². The summed E-state index contributed by atoms with van der Waals surface area (Å²) in [5, 5.41) is 10.1. The summed E-state index contributed by atoms with van der Waals surface area (Å²) in [7, 11) is 0. The van der Waals surface area contributed by atoms with Crippen molar-refractivity contribution in [3.05, 3.63) is 34.4 Å². The van der Waals surface area contributed by atoms with Gasteiger partial charge in [0.25, 0.3) is 0 Å². The molecular formula is C24H38N2O2. The summed E-state index contributed by atoms with van der Waals surface area (Å²) in [5.41, 5.74) is 5.84. The summed E-state index contributed by atoms with van der Waals surface area (Å²) < 4.78 is 5.72. The van der Waals surface area contributed by atoms with Crippen LogP contribution in [0.25, 0.3) is 0 Å². The van der Waals surface area contributed by atoms with Gasteiger partial charge >= 0.3 is 0 Å². The minimum atomic E-state index is 0.0597. The number of hydrogen-bond donors (Lipinski definition) is 1. The lowest BCUT2D eigenvalue weighted by Crippen LogP contribution is -2.41. The van der Waals surface area contributed by atoms with Gasteiger partial charge in [-0.2, -0.15) is 0 Å². The van der Waals surface area contributed by atoms with E-state index >= 15 is 0 Å². The summed E-state index contributed by atoms with van der Waals surface area (Å²) in [6, 6.07) is 4.85. The van der Waals surface area contributed by atoms with Gasteiger partial charge in [0.1, 0.15) is 0 Å². The van der Waals surface area contributed by atoms with Crippen molar-refractivity contribution >= 4 is 0 Å². The summed E-state index contributed by atoms with van der Waals surface area (Å²) in [4.78, 5) is 5.18. The van der Waals surface area contributed by atoms with Crippen LogP contribution in [0.3, 0.4) is 0 Å². The molecule has 1 aromatic carbocycles. The number of rotatable bonds is 5. The Bertz CT molecular complexity index is 683. The standard InChI is InChI=1S/C24H38N2O2/c1-18-4-7-25(8-5-18)12-21-11-22(20(3)10-19(21)2)13-26-14-23-15-28-9-6-24(23,16-26)17-27/h10-11,18,23,27H,4-9,12-17H2,1-3H3/t23-,24-/m1/s1. The van der Waals surface area contributed by atoms with E-state index in [1.165, 1.54) is 48.2 Å². The van der Waals surface area contributed by atoms with Crippen molar-refractivity contribution in [2.24, 2.45) is 17.3 Å². The van der Waals surface area contributed by atoms with Gasteiger partial charge in [0.15, 0.2) is 0 Å². The van der Waals surface area contributed by atoms with Crippen molar-refractivity contribution in [3.8, 4) is 0 Å². The Kier molecular flexibility index (Phi) is 6.12. The van der Waals surface area contributed by atoms with Gasteiger partial charge < -0.3 is 9.84 Å². The summed E-state index contributed by atoms with van der Waals surface area (Å²) in [6.07, 6.45) is 3.66. The number of nitrogens with zero attached hydrogens (tertiary/aromatic N) is 2. The van der Waals surface area contributed by atoms with Crippen LogP contribution < -0.4 is 0 Å². The van der Waals surface area contributed by atoms with Crippen LogP contribution in [0.2, 0.25) is 0 Å². The zero-order chi connectivity index (χ0) is 19.7. The van der Waals surface area contributed by atoms with E-state index in [2.05, 4.69) is 42.7 Å². The molecule has 156 valence electrons. The predicted molar refractivity (Wildman–Crippen MR) is 113 cm³/mol. The fraction of sp³-hybridized carbons (Fsp3) is 0.750. The van der Waals surface area contributed by atoms with Crippen LogP contribution in [0, 0.1) is 31.1 Å². The number of likely N-dealkylation sites (tertiary alicyclic amines) is 2. The minimum absolute atomic E-state index is 0.0597. The lowest BCUT2D eigenvalue weighted by Gasteiger charge is -2.36. The van der Waals surface area contributed by atoms with E-state index in [4.69, 9.17) is 4.74 Å². The number of piperidine rings is 1. The Labute approximate surface area is 170 Å². The van der Waals surface area contributed by atoms with Crippen LogP contribution in [0.1, 0.15) is 48.4 Å². The van der Waals surface area contributed by atoms with Crippen molar-refractivity contribution in [1.29, 1.82) is 0 Å². The van der Waals surface area contributed by atoms with E-state index in [-0.39, 0.29) is 5.41 Å². The van der Waals surface area contributed by atoms with Gasteiger partial charge in [-0.25, -0.2) is 0 Å². The lowest BCUT2D eigenvalue weighted by molar-refractivity contribution is -0.0417. The van der Waals surface area contributed by atoms with Crippen LogP contribution in [-0.2, 0) is 17.8 Å². The van der Waals surface area contributed by atoms with Crippen molar-refractivity contribution in [2.75, 3.05) is 46.0 Å². The molecular weight excluding hydrogens is 348 g/mol. The average Bonchev–Trinajstić information content (AvgIpc) is 3.06. The summed E-state index contributed by atoms with van der Waals surface area (Å²) in [6.45, 7) is 15.4. The number of aliphatic hydroxyl groups is 1. The minimum Gasteiger partial charge on any atom is -0.396 e. The van der Waals surface area contributed by atoms with E-state index in [1.54, 1.807) is 0 Å². The molecule has 0 aromatic heterocycles. The van der Waals surface area contributed by atoms with E-state index in [1.807, 2.05) is 0 Å². The van der Waals surface area contributed by atoms with Gasteiger partial charge in [0.2, 0.25) is 0 Å². The Morgan fingerprint density at radius 3 is 2.39 bits per heavy atom. The first kappa shape index (κ1) is 20.3. The van der Waals surface area contributed by atoms with E-state index in [9.17, 15) is 5.11 Å².